The predicted molar refractivity (Wildman–Crippen MR) is 95.0 cm³/mol. The lowest BCUT2D eigenvalue weighted by atomic mass is 9.88. The first kappa shape index (κ1) is 14.0. The second-order valence-corrected chi connectivity index (χ2v) is 7.71. The van der Waals surface area contributed by atoms with E-state index in [2.05, 4.69) is 66.3 Å². The average Bonchev–Trinajstić information content (AvgIpc) is 2.69. The number of halogens is 1. The molecule has 1 aliphatic heterocycles. The van der Waals surface area contributed by atoms with Gasteiger partial charge in [-0.1, -0.05) is 28.1 Å². The van der Waals surface area contributed by atoms with Crippen LogP contribution in [0.5, 0.6) is 0 Å². The molecule has 2 aromatic carbocycles. The average molecular weight is 356 g/mol. The van der Waals surface area contributed by atoms with Gasteiger partial charge in [-0.2, -0.15) is 0 Å². The standard InChI is InChI=1S/C19H18BrNO/c1-10-9-19(2,3)21-17-8-16-14(7-13(10)17)12-5-4-11(20)6-15(12)18(16)22/h4-9,18,21-22H,1-3H3. The maximum absolute atomic E-state index is 10.7. The molecule has 0 radical (unpaired) electrons. The van der Waals surface area contributed by atoms with Gasteiger partial charge in [0, 0.05) is 15.7 Å². The molecule has 0 bridgehead atoms. The number of hydrogen-bond acceptors (Lipinski definition) is 2. The van der Waals surface area contributed by atoms with Crippen molar-refractivity contribution in [2.24, 2.45) is 0 Å². The first-order valence-corrected chi connectivity index (χ1v) is 8.29. The lowest BCUT2D eigenvalue weighted by Gasteiger charge is -2.32. The zero-order chi connectivity index (χ0) is 15.6. The Morgan fingerprint density at radius 2 is 1.77 bits per heavy atom. The van der Waals surface area contributed by atoms with E-state index in [-0.39, 0.29) is 5.54 Å². The third-order valence-corrected chi connectivity index (χ3v) is 5.03. The molecule has 1 aliphatic carbocycles. The smallest absolute Gasteiger partial charge is 0.105 e. The molecule has 1 unspecified atom stereocenters. The van der Waals surface area contributed by atoms with E-state index >= 15 is 0 Å². The molecule has 0 aromatic heterocycles. The topological polar surface area (TPSA) is 32.3 Å². The zero-order valence-electron chi connectivity index (χ0n) is 12.9. The van der Waals surface area contributed by atoms with Gasteiger partial charge in [0.25, 0.3) is 0 Å². The fraction of sp³-hybridized carbons (Fsp3) is 0.263. The highest BCUT2D eigenvalue weighted by Gasteiger charge is 2.31. The van der Waals surface area contributed by atoms with Crippen LogP contribution in [0.25, 0.3) is 16.7 Å². The summed E-state index contributed by atoms with van der Waals surface area (Å²) in [6.07, 6.45) is 1.71. The highest BCUT2D eigenvalue weighted by atomic mass is 79.9. The van der Waals surface area contributed by atoms with Gasteiger partial charge in [-0.15, -0.1) is 0 Å². The van der Waals surface area contributed by atoms with Gasteiger partial charge < -0.3 is 10.4 Å². The molecule has 2 aromatic rings. The van der Waals surface area contributed by atoms with Crippen LogP contribution in [0.4, 0.5) is 5.69 Å². The van der Waals surface area contributed by atoms with E-state index in [0.717, 1.165) is 32.4 Å². The molecular formula is C19H18BrNO. The first-order valence-electron chi connectivity index (χ1n) is 7.49. The van der Waals surface area contributed by atoms with Gasteiger partial charge in [0.15, 0.2) is 0 Å². The predicted octanol–water partition coefficient (Wildman–Crippen LogP) is 5.12. The number of fused-ring (bicyclic) bond motifs is 4. The lowest BCUT2D eigenvalue weighted by Crippen LogP contribution is -2.31. The third-order valence-electron chi connectivity index (χ3n) is 4.54. The van der Waals surface area contributed by atoms with E-state index in [0.29, 0.717) is 0 Å². The zero-order valence-corrected chi connectivity index (χ0v) is 14.5. The van der Waals surface area contributed by atoms with Crippen LogP contribution in [0.15, 0.2) is 40.9 Å². The summed E-state index contributed by atoms with van der Waals surface area (Å²) >= 11 is 3.50. The minimum atomic E-state index is -0.552. The summed E-state index contributed by atoms with van der Waals surface area (Å²) in [6.45, 7) is 6.48. The second-order valence-electron chi connectivity index (χ2n) is 6.79. The number of aliphatic hydroxyl groups excluding tert-OH is 1. The Morgan fingerprint density at radius 3 is 2.55 bits per heavy atom. The minimum Gasteiger partial charge on any atom is -0.384 e. The summed E-state index contributed by atoms with van der Waals surface area (Å²) in [5, 5.41) is 14.3. The van der Waals surface area contributed by atoms with E-state index in [1.54, 1.807) is 0 Å². The summed E-state index contributed by atoms with van der Waals surface area (Å²) in [6, 6.07) is 10.5. The molecule has 2 N–H and O–H groups in total. The number of nitrogens with one attached hydrogen (secondary N) is 1. The Bertz CT molecular complexity index is 836. The normalized spacial score (nSPS) is 20.6. The number of anilines is 1. The summed E-state index contributed by atoms with van der Waals surface area (Å²) in [4.78, 5) is 0. The van der Waals surface area contributed by atoms with E-state index in [4.69, 9.17) is 0 Å². The molecule has 22 heavy (non-hydrogen) atoms. The highest BCUT2D eigenvalue weighted by molar-refractivity contribution is 9.10. The van der Waals surface area contributed by atoms with Crippen LogP contribution in [-0.2, 0) is 0 Å². The summed E-state index contributed by atoms with van der Waals surface area (Å²) < 4.78 is 0.998. The van der Waals surface area contributed by atoms with Crippen molar-refractivity contribution in [2.75, 3.05) is 5.32 Å². The van der Waals surface area contributed by atoms with Crippen molar-refractivity contribution in [3.05, 3.63) is 57.6 Å². The minimum absolute atomic E-state index is 0.0647. The first-order chi connectivity index (χ1) is 10.4. The van der Waals surface area contributed by atoms with E-state index < -0.39 is 6.10 Å². The van der Waals surface area contributed by atoms with E-state index in [1.807, 2.05) is 12.1 Å². The van der Waals surface area contributed by atoms with Crippen molar-refractivity contribution in [3.63, 3.8) is 0 Å². The van der Waals surface area contributed by atoms with Crippen LogP contribution in [0.3, 0.4) is 0 Å². The Labute approximate surface area is 139 Å². The lowest BCUT2D eigenvalue weighted by molar-refractivity contribution is 0.225. The van der Waals surface area contributed by atoms with E-state index in [9.17, 15) is 5.11 Å². The van der Waals surface area contributed by atoms with Crippen LogP contribution < -0.4 is 5.32 Å². The van der Waals surface area contributed by atoms with Crippen molar-refractivity contribution < 1.29 is 5.11 Å². The molecule has 0 fully saturated rings. The van der Waals surface area contributed by atoms with Crippen molar-refractivity contribution in [3.8, 4) is 11.1 Å². The monoisotopic (exact) mass is 355 g/mol. The van der Waals surface area contributed by atoms with Gasteiger partial charge in [-0.3, -0.25) is 0 Å². The maximum Gasteiger partial charge on any atom is 0.105 e. The van der Waals surface area contributed by atoms with Crippen LogP contribution in [0, 0.1) is 0 Å². The number of aliphatic hydroxyl groups is 1. The Kier molecular flexibility index (Phi) is 2.85. The largest absolute Gasteiger partial charge is 0.384 e. The number of hydrogen-bond donors (Lipinski definition) is 2. The number of benzene rings is 2. The molecule has 0 saturated carbocycles. The van der Waals surface area contributed by atoms with Crippen molar-refractivity contribution in [2.45, 2.75) is 32.4 Å². The Balaban J connectivity index is 1.95. The summed E-state index contributed by atoms with van der Waals surface area (Å²) in [5.74, 6) is 0. The second kappa shape index (κ2) is 4.46. The van der Waals surface area contributed by atoms with Crippen LogP contribution in [-0.4, -0.2) is 10.6 Å². The molecule has 2 aliphatic rings. The molecule has 0 saturated heterocycles. The molecule has 3 heteroatoms. The maximum atomic E-state index is 10.7. The van der Waals surface area contributed by atoms with Crippen molar-refractivity contribution in [1.29, 1.82) is 0 Å². The SMILES string of the molecule is CC1=CC(C)(C)Nc2cc3c(cc21)-c1ccc(Br)cc1C3O. The van der Waals surface area contributed by atoms with Crippen LogP contribution >= 0.6 is 15.9 Å². The number of allylic oxidation sites excluding steroid dienone is 1. The van der Waals surface area contributed by atoms with Crippen molar-refractivity contribution >= 4 is 27.2 Å². The Hall–Kier alpha value is -1.58. The van der Waals surface area contributed by atoms with Gasteiger partial charge in [0.2, 0.25) is 0 Å². The van der Waals surface area contributed by atoms with Gasteiger partial charge in [-0.25, -0.2) is 0 Å². The summed E-state index contributed by atoms with van der Waals surface area (Å²) in [7, 11) is 0. The molecule has 0 spiro atoms. The molecule has 112 valence electrons. The molecule has 2 nitrogen and oxygen atoms in total. The fourth-order valence-electron chi connectivity index (χ4n) is 3.68. The molecule has 4 rings (SSSR count). The molecule has 1 atom stereocenters. The highest BCUT2D eigenvalue weighted by Crippen LogP contribution is 2.48. The fourth-order valence-corrected chi connectivity index (χ4v) is 4.06. The van der Waals surface area contributed by atoms with Gasteiger partial charge >= 0.3 is 0 Å². The quantitative estimate of drug-likeness (QED) is 0.687. The van der Waals surface area contributed by atoms with Gasteiger partial charge in [-0.05, 0) is 72.9 Å². The van der Waals surface area contributed by atoms with Gasteiger partial charge in [0.05, 0.1) is 5.54 Å². The Morgan fingerprint density at radius 1 is 1.05 bits per heavy atom. The number of rotatable bonds is 0. The van der Waals surface area contributed by atoms with Crippen molar-refractivity contribution in [1.82, 2.24) is 0 Å². The van der Waals surface area contributed by atoms with Crippen LogP contribution in [0.2, 0.25) is 0 Å². The van der Waals surface area contributed by atoms with Crippen LogP contribution in [0.1, 0.15) is 43.6 Å². The van der Waals surface area contributed by atoms with E-state index in [1.165, 1.54) is 11.1 Å². The van der Waals surface area contributed by atoms with Gasteiger partial charge in [0.1, 0.15) is 6.10 Å². The third kappa shape index (κ3) is 1.96. The molecule has 1 heterocycles. The summed E-state index contributed by atoms with van der Waals surface area (Å²) in [5.41, 5.74) is 7.79. The molecular weight excluding hydrogens is 338 g/mol. The molecule has 0 amide bonds.